The molecule has 1 aliphatic rings. The van der Waals surface area contributed by atoms with Crippen LogP contribution in [0.15, 0.2) is 30.3 Å². The Bertz CT molecular complexity index is 348. The molecule has 0 spiro atoms. The normalized spacial score (nSPS) is 17.0. The van der Waals surface area contributed by atoms with E-state index in [1.54, 1.807) is 0 Å². The van der Waals surface area contributed by atoms with Crippen LogP contribution in [0.4, 0.5) is 0 Å². The quantitative estimate of drug-likeness (QED) is 0.774. The maximum atomic E-state index is 5.34. The van der Waals surface area contributed by atoms with E-state index in [1.807, 2.05) is 6.08 Å². The first kappa shape index (κ1) is 12.3. The van der Waals surface area contributed by atoms with E-state index in [9.17, 15) is 0 Å². The van der Waals surface area contributed by atoms with E-state index in [-0.39, 0.29) is 6.29 Å². The van der Waals surface area contributed by atoms with E-state index in [0.717, 1.165) is 0 Å². The molecule has 1 saturated heterocycles. The minimum Gasteiger partial charge on any atom is -0.347 e. The third-order valence-electron chi connectivity index (χ3n) is 2.89. The van der Waals surface area contributed by atoms with Gasteiger partial charge in [0.25, 0.3) is 0 Å². The summed E-state index contributed by atoms with van der Waals surface area (Å²) in [7, 11) is 0. The molecule has 0 aromatic heterocycles. The summed E-state index contributed by atoms with van der Waals surface area (Å²) in [6.45, 7) is 3.62. The number of hydrogen-bond acceptors (Lipinski definition) is 2. The van der Waals surface area contributed by atoms with Gasteiger partial charge in [0.05, 0.1) is 13.2 Å². The van der Waals surface area contributed by atoms with Crippen LogP contribution in [-0.4, -0.2) is 19.5 Å². The van der Waals surface area contributed by atoms with E-state index in [0.29, 0.717) is 13.2 Å². The van der Waals surface area contributed by atoms with Crippen molar-refractivity contribution in [2.24, 2.45) is 0 Å². The zero-order valence-corrected chi connectivity index (χ0v) is 10.4. The molecular weight excluding hydrogens is 212 g/mol. The van der Waals surface area contributed by atoms with Crippen molar-refractivity contribution in [2.45, 2.75) is 32.5 Å². The largest absolute Gasteiger partial charge is 0.347 e. The average molecular weight is 232 g/mol. The fraction of sp³-hybridized carbons (Fsp3) is 0.467. The van der Waals surface area contributed by atoms with Gasteiger partial charge in [0.1, 0.15) is 0 Å². The molecule has 1 aliphatic heterocycles. The lowest BCUT2D eigenvalue weighted by molar-refractivity contribution is -0.000907. The van der Waals surface area contributed by atoms with E-state index < -0.39 is 0 Å². The van der Waals surface area contributed by atoms with Crippen LogP contribution in [0, 0.1) is 0 Å². The van der Waals surface area contributed by atoms with Crippen molar-refractivity contribution < 1.29 is 9.47 Å². The number of hydrogen-bond donors (Lipinski definition) is 0. The van der Waals surface area contributed by atoms with Gasteiger partial charge in [-0.05, 0) is 30.0 Å². The van der Waals surface area contributed by atoms with Gasteiger partial charge in [-0.15, -0.1) is 0 Å². The van der Waals surface area contributed by atoms with E-state index in [4.69, 9.17) is 9.47 Å². The van der Waals surface area contributed by atoms with Gasteiger partial charge in [-0.2, -0.15) is 0 Å². The van der Waals surface area contributed by atoms with Gasteiger partial charge in [0.2, 0.25) is 0 Å². The van der Waals surface area contributed by atoms with E-state index in [2.05, 4.69) is 37.3 Å². The van der Waals surface area contributed by atoms with Crippen molar-refractivity contribution in [3.05, 3.63) is 41.5 Å². The molecule has 92 valence electrons. The van der Waals surface area contributed by atoms with Gasteiger partial charge in [-0.25, -0.2) is 0 Å². The minimum absolute atomic E-state index is 0.158. The molecule has 2 rings (SSSR count). The highest BCUT2D eigenvalue weighted by molar-refractivity contribution is 5.50. The Morgan fingerprint density at radius 3 is 2.53 bits per heavy atom. The summed E-state index contributed by atoms with van der Waals surface area (Å²) in [5.41, 5.74) is 2.61. The fourth-order valence-corrected chi connectivity index (χ4v) is 1.85. The van der Waals surface area contributed by atoms with Gasteiger partial charge in [0.15, 0.2) is 6.29 Å². The van der Waals surface area contributed by atoms with Crippen molar-refractivity contribution in [3.8, 4) is 0 Å². The highest BCUT2D eigenvalue weighted by atomic mass is 16.7. The Morgan fingerprint density at radius 1 is 1.18 bits per heavy atom. The van der Waals surface area contributed by atoms with Crippen LogP contribution in [0.1, 0.15) is 30.9 Å². The number of unbranched alkanes of at least 4 members (excludes halogenated alkanes) is 1. The van der Waals surface area contributed by atoms with Crippen LogP contribution in [0.2, 0.25) is 0 Å². The summed E-state index contributed by atoms with van der Waals surface area (Å²) in [5.74, 6) is 0. The number of aryl methyl sites for hydroxylation is 1. The highest BCUT2D eigenvalue weighted by Gasteiger charge is 2.11. The SMILES string of the molecule is CCCCc1ccc(C=CC2OCCO2)cc1. The van der Waals surface area contributed by atoms with Crippen molar-refractivity contribution in [1.29, 1.82) is 0 Å². The van der Waals surface area contributed by atoms with Gasteiger partial charge in [-0.1, -0.05) is 43.7 Å². The molecule has 1 heterocycles. The second-order valence-electron chi connectivity index (χ2n) is 4.31. The molecule has 0 aliphatic carbocycles. The molecule has 1 aromatic carbocycles. The molecule has 0 amide bonds. The van der Waals surface area contributed by atoms with Gasteiger partial charge in [-0.3, -0.25) is 0 Å². The monoisotopic (exact) mass is 232 g/mol. The van der Waals surface area contributed by atoms with Crippen LogP contribution in [0.3, 0.4) is 0 Å². The lowest BCUT2D eigenvalue weighted by Gasteiger charge is -2.03. The summed E-state index contributed by atoms with van der Waals surface area (Å²) < 4.78 is 10.7. The molecule has 1 aromatic rings. The molecule has 2 heteroatoms. The maximum absolute atomic E-state index is 5.34. The first-order chi connectivity index (χ1) is 8.38. The van der Waals surface area contributed by atoms with Crippen LogP contribution in [0.5, 0.6) is 0 Å². The van der Waals surface area contributed by atoms with Gasteiger partial charge in [0, 0.05) is 0 Å². The molecule has 0 saturated carbocycles. The Hall–Kier alpha value is -1.12. The number of benzene rings is 1. The fourth-order valence-electron chi connectivity index (χ4n) is 1.85. The highest BCUT2D eigenvalue weighted by Crippen LogP contribution is 2.11. The van der Waals surface area contributed by atoms with Crippen molar-refractivity contribution in [1.82, 2.24) is 0 Å². The second kappa shape index (κ2) is 6.58. The second-order valence-corrected chi connectivity index (χ2v) is 4.31. The van der Waals surface area contributed by atoms with Crippen LogP contribution in [0.25, 0.3) is 6.08 Å². The van der Waals surface area contributed by atoms with Crippen molar-refractivity contribution in [3.63, 3.8) is 0 Å². The summed E-state index contributed by atoms with van der Waals surface area (Å²) >= 11 is 0. The topological polar surface area (TPSA) is 18.5 Å². The van der Waals surface area contributed by atoms with Crippen LogP contribution >= 0.6 is 0 Å². The third-order valence-corrected chi connectivity index (χ3v) is 2.89. The molecule has 0 radical (unpaired) electrons. The minimum atomic E-state index is -0.158. The molecule has 1 fully saturated rings. The maximum Gasteiger partial charge on any atom is 0.177 e. The predicted octanol–water partition coefficient (Wildman–Crippen LogP) is 3.42. The number of rotatable bonds is 5. The zero-order chi connectivity index (χ0) is 11.9. The third kappa shape index (κ3) is 3.99. The smallest absolute Gasteiger partial charge is 0.177 e. The molecular formula is C15H20O2. The van der Waals surface area contributed by atoms with Gasteiger partial charge >= 0.3 is 0 Å². The summed E-state index contributed by atoms with van der Waals surface area (Å²) in [5, 5.41) is 0. The number of ether oxygens (including phenoxy) is 2. The first-order valence-corrected chi connectivity index (χ1v) is 6.39. The molecule has 2 nitrogen and oxygen atoms in total. The molecule has 0 atom stereocenters. The van der Waals surface area contributed by atoms with Crippen LogP contribution in [-0.2, 0) is 15.9 Å². The summed E-state index contributed by atoms with van der Waals surface area (Å²) in [6, 6.07) is 8.70. The van der Waals surface area contributed by atoms with E-state index in [1.165, 1.54) is 30.4 Å². The average Bonchev–Trinajstić information content (AvgIpc) is 2.88. The van der Waals surface area contributed by atoms with Crippen LogP contribution < -0.4 is 0 Å². The van der Waals surface area contributed by atoms with Gasteiger partial charge < -0.3 is 9.47 Å². The van der Waals surface area contributed by atoms with Crippen molar-refractivity contribution >= 4 is 6.08 Å². The lowest BCUT2D eigenvalue weighted by atomic mass is 10.1. The molecule has 0 unspecified atom stereocenters. The Labute approximate surface area is 103 Å². The molecule has 0 bridgehead atoms. The summed E-state index contributed by atoms with van der Waals surface area (Å²) in [6.07, 6.45) is 7.55. The molecule has 17 heavy (non-hydrogen) atoms. The first-order valence-electron chi connectivity index (χ1n) is 6.39. The Balaban J connectivity index is 1.88. The van der Waals surface area contributed by atoms with E-state index >= 15 is 0 Å². The predicted molar refractivity (Wildman–Crippen MR) is 69.8 cm³/mol. The lowest BCUT2D eigenvalue weighted by Crippen LogP contribution is -2.01. The van der Waals surface area contributed by atoms with Crippen molar-refractivity contribution in [2.75, 3.05) is 13.2 Å². The molecule has 0 N–H and O–H groups in total. The zero-order valence-electron chi connectivity index (χ0n) is 10.4. The Kier molecular flexibility index (Phi) is 4.77. The standard InChI is InChI=1S/C15H20O2/c1-2-3-4-13-5-7-14(8-6-13)9-10-15-16-11-12-17-15/h5-10,15H,2-4,11-12H2,1H3. The Morgan fingerprint density at radius 2 is 1.88 bits per heavy atom. The summed E-state index contributed by atoms with van der Waals surface area (Å²) in [4.78, 5) is 0.